The van der Waals surface area contributed by atoms with Crippen molar-refractivity contribution in [2.24, 2.45) is 0 Å². The van der Waals surface area contributed by atoms with E-state index in [4.69, 9.17) is 23.2 Å². The summed E-state index contributed by atoms with van der Waals surface area (Å²) in [5.41, 5.74) is -1.27. The Morgan fingerprint density at radius 1 is 1.00 bits per heavy atom. The fourth-order valence-electron chi connectivity index (χ4n) is 2.27. The van der Waals surface area contributed by atoms with Gasteiger partial charge in [0, 0.05) is 5.69 Å². The van der Waals surface area contributed by atoms with Crippen LogP contribution in [0.1, 0.15) is 17.3 Å². The van der Waals surface area contributed by atoms with Crippen LogP contribution < -0.4 is 15.4 Å². The van der Waals surface area contributed by atoms with Crippen molar-refractivity contribution in [3.05, 3.63) is 57.6 Å². The van der Waals surface area contributed by atoms with Crippen molar-refractivity contribution < 1.29 is 45.1 Å². The molecule has 0 fully saturated rings. The molecule has 0 spiro atoms. The molecule has 1 unspecified atom stereocenters. The lowest BCUT2D eigenvalue weighted by molar-refractivity contribution is -0.306. The summed E-state index contributed by atoms with van der Waals surface area (Å²) >= 11 is 11.6. The molecule has 0 heterocycles. The molecule has 0 radical (unpaired) electrons. The lowest BCUT2D eigenvalue weighted by Crippen LogP contribution is -2.48. The van der Waals surface area contributed by atoms with Gasteiger partial charge in [0.25, 0.3) is 5.91 Å². The monoisotopic (exact) mass is 506 g/mol. The van der Waals surface area contributed by atoms with Crippen LogP contribution in [0.25, 0.3) is 0 Å². The Kier molecular flexibility index (Phi) is 7.51. The normalized spacial score (nSPS) is 12.8. The zero-order valence-corrected chi connectivity index (χ0v) is 17.1. The summed E-state index contributed by atoms with van der Waals surface area (Å²) in [6.45, 7) is 0.452. The van der Waals surface area contributed by atoms with E-state index in [0.29, 0.717) is 6.92 Å². The average molecular weight is 507 g/mol. The molecule has 174 valence electrons. The minimum Gasteiger partial charge on any atom is -0.481 e. The number of urea groups is 1. The maximum absolute atomic E-state index is 13.6. The summed E-state index contributed by atoms with van der Waals surface area (Å²) in [7, 11) is 0. The number of imide groups is 1. The van der Waals surface area contributed by atoms with Gasteiger partial charge >= 0.3 is 18.1 Å². The van der Waals surface area contributed by atoms with E-state index in [1.807, 2.05) is 5.32 Å². The van der Waals surface area contributed by atoms with Crippen LogP contribution in [-0.4, -0.2) is 30.1 Å². The van der Waals surface area contributed by atoms with Crippen LogP contribution >= 0.6 is 23.2 Å². The van der Waals surface area contributed by atoms with E-state index >= 15 is 0 Å². The predicted octanol–water partition coefficient (Wildman–Crippen LogP) is 6.20. The fourth-order valence-corrected chi connectivity index (χ4v) is 2.84. The Morgan fingerprint density at radius 3 is 1.97 bits per heavy atom. The number of carbonyl (C=O) groups excluding carboxylic acids is 2. The summed E-state index contributed by atoms with van der Waals surface area (Å²) in [6, 6.07) is 3.04. The first-order chi connectivity index (χ1) is 14.6. The van der Waals surface area contributed by atoms with E-state index < -0.39 is 63.1 Å². The summed E-state index contributed by atoms with van der Waals surface area (Å²) in [5.74, 6) is -9.82. The third-order valence-corrected chi connectivity index (χ3v) is 4.42. The SMILES string of the molecule is CC(Oc1c(Cl)cc(NC(=O)NC(=O)c2c(F)cccc2F)cc1Cl)C(F)(F)C(F)(F)F. The van der Waals surface area contributed by atoms with Gasteiger partial charge in [0.2, 0.25) is 0 Å². The third kappa shape index (κ3) is 5.54. The molecule has 0 saturated carbocycles. The van der Waals surface area contributed by atoms with Crippen LogP contribution in [0.3, 0.4) is 0 Å². The van der Waals surface area contributed by atoms with E-state index in [1.165, 1.54) is 0 Å². The number of rotatable bonds is 5. The number of halogens is 9. The first-order valence-corrected chi connectivity index (χ1v) is 9.07. The van der Waals surface area contributed by atoms with Gasteiger partial charge in [-0.1, -0.05) is 29.3 Å². The van der Waals surface area contributed by atoms with Gasteiger partial charge in [0.15, 0.2) is 11.9 Å². The maximum atomic E-state index is 13.6. The van der Waals surface area contributed by atoms with Crippen LogP contribution in [0.5, 0.6) is 5.75 Å². The quantitative estimate of drug-likeness (QED) is 0.474. The van der Waals surface area contributed by atoms with Crippen LogP contribution in [-0.2, 0) is 0 Å². The molecule has 14 heteroatoms. The van der Waals surface area contributed by atoms with Crippen molar-refractivity contribution >= 4 is 40.8 Å². The summed E-state index contributed by atoms with van der Waals surface area (Å²) < 4.78 is 95.8. The Balaban J connectivity index is 2.15. The third-order valence-electron chi connectivity index (χ3n) is 3.86. The second-order valence-electron chi connectivity index (χ2n) is 6.15. The van der Waals surface area contributed by atoms with Gasteiger partial charge in [0.1, 0.15) is 17.2 Å². The van der Waals surface area contributed by atoms with Crippen molar-refractivity contribution in [3.63, 3.8) is 0 Å². The highest BCUT2D eigenvalue weighted by Gasteiger charge is 2.62. The fraction of sp³-hybridized carbons (Fsp3) is 0.222. The molecule has 2 rings (SSSR count). The number of ether oxygens (including phenoxy) is 1. The smallest absolute Gasteiger partial charge is 0.457 e. The molecule has 2 aromatic carbocycles. The van der Waals surface area contributed by atoms with Gasteiger partial charge in [-0.3, -0.25) is 10.1 Å². The molecule has 5 nitrogen and oxygen atoms in total. The summed E-state index contributed by atoms with van der Waals surface area (Å²) in [6.07, 6.45) is -8.59. The van der Waals surface area contributed by atoms with Crippen molar-refractivity contribution in [1.82, 2.24) is 5.32 Å². The Labute approximate surface area is 185 Å². The number of nitrogens with one attached hydrogen (secondary N) is 2. The maximum Gasteiger partial charge on any atom is 0.457 e. The standard InChI is InChI=1S/C18H11Cl2F7N2O3/c1-7(17(23,24)18(25,26)27)32-14-9(19)5-8(6-10(14)20)28-16(31)29-15(30)13-11(21)3-2-4-12(13)22/h2-7H,1H3,(H2,28,29,30,31). The Hall–Kier alpha value is -2.73. The van der Waals surface area contributed by atoms with Crippen molar-refractivity contribution in [2.45, 2.75) is 25.1 Å². The van der Waals surface area contributed by atoms with Crippen LogP contribution in [0, 0.1) is 11.6 Å². The first-order valence-electron chi connectivity index (χ1n) is 8.31. The number of carbonyl (C=O) groups is 2. The Morgan fingerprint density at radius 2 is 1.50 bits per heavy atom. The highest BCUT2D eigenvalue weighted by molar-refractivity contribution is 6.37. The van der Waals surface area contributed by atoms with Gasteiger partial charge in [-0.05, 0) is 31.2 Å². The molecule has 3 amide bonds. The van der Waals surface area contributed by atoms with Crippen LogP contribution in [0.2, 0.25) is 10.0 Å². The molecule has 0 aliphatic rings. The molecule has 0 bridgehead atoms. The van der Waals surface area contributed by atoms with E-state index in [0.717, 1.165) is 30.3 Å². The van der Waals surface area contributed by atoms with E-state index in [1.54, 1.807) is 5.32 Å². The van der Waals surface area contributed by atoms with Gasteiger partial charge in [-0.15, -0.1) is 0 Å². The molecular weight excluding hydrogens is 496 g/mol. The summed E-state index contributed by atoms with van der Waals surface area (Å²) in [5, 5.41) is 2.56. The summed E-state index contributed by atoms with van der Waals surface area (Å²) in [4.78, 5) is 23.8. The Bertz CT molecular complexity index is 1000. The minimum absolute atomic E-state index is 0.248. The van der Waals surface area contributed by atoms with E-state index in [2.05, 4.69) is 4.74 Å². The van der Waals surface area contributed by atoms with Crippen molar-refractivity contribution in [2.75, 3.05) is 5.32 Å². The van der Waals surface area contributed by atoms with Gasteiger partial charge in [-0.2, -0.15) is 22.0 Å². The number of anilines is 1. The molecule has 1 atom stereocenters. The number of benzene rings is 2. The highest BCUT2D eigenvalue weighted by Crippen LogP contribution is 2.42. The zero-order valence-electron chi connectivity index (χ0n) is 15.6. The predicted molar refractivity (Wildman–Crippen MR) is 100 cm³/mol. The average Bonchev–Trinajstić information content (AvgIpc) is 2.63. The van der Waals surface area contributed by atoms with Gasteiger partial charge < -0.3 is 10.1 Å². The van der Waals surface area contributed by atoms with Crippen molar-refractivity contribution in [1.29, 1.82) is 0 Å². The highest BCUT2D eigenvalue weighted by atomic mass is 35.5. The lowest BCUT2D eigenvalue weighted by atomic mass is 10.2. The topological polar surface area (TPSA) is 67.4 Å². The molecule has 0 saturated heterocycles. The molecule has 32 heavy (non-hydrogen) atoms. The first kappa shape index (κ1) is 25.5. The largest absolute Gasteiger partial charge is 0.481 e. The second kappa shape index (κ2) is 9.41. The number of hydrogen-bond acceptors (Lipinski definition) is 3. The van der Waals surface area contributed by atoms with Gasteiger partial charge in [-0.25, -0.2) is 13.6 Å². The van der Waals surface area contributed by atoms with E-state index in [-0.39, 0.29) is 5.69 Å². The molecule has 0 aliphatic heterocycles. The van der Waals surface area contributed by atoms with Crippen LogP contribution in [0.15, 0.2) is 30.3 Å². The molecule has 0 aromatic heterocycles. The second-order valence-corrected chi connectivity index (χ2v) is 6.97. The lowest BCUT2D eigenvalue weighted by Gasteiger charge is -2.27. The molecule has 2 N–H and O–H groups in total. The van der Waals surface area contributed by atoms with E-state index in [9.17, 15) is 40.3 Å². The number of amides is 3. The number of alkyl halides is 5. The molecule has 2 aromatic rings. The number of hydrogen-bond donors (Lipinski definition) is 2. The molecular formula is C18H11Cl2F7N2O3. The van der Waals surface area contributed by atoms with Gasteiger partial charge in [0.05, 0.1) is 10.0 Å². The molecule has 0 aliphatic carbocycles. The van der Waals surface area contributed by atoms with Crippen molar-refractivity contribution in [3.8, 4) is 5.75 Å². The zero-order chi connectivity index (χ0) is 24.4. The van der Waals surface area contributed by atoms with Crippen LogP contribution in [0.4, 0.5) is 41.2 Å². The minimum atomic E-state index is -5.89.